The summed E-state index contributed by atoms with van der Waals surface area (Å²) in [5.41, 5.74) is 2.62. The van der Waals surface area contributed by atoms with Gasteiger partial charge in [0, 0.05) is 5.41 Å². The van der Waals surface area contributed by atoms with Crippen molar-refractivity contribution in [3.63, 3.8) is 0 Å². The van der Waals surface area contributed by atoms with Gasteiger partial charge in [-0.3, -0.25) is 10.1 Å². The van der Waals surface area contributed by atoms with Crippen LogP contribution < -0.4 is 5.32 Å². The lowest BCUT2D eigenvalue weighted by atomic mass is 9.70. The van der Waals surface area contributed by atoms with E-state index in [0.29, 0.717) is 11.7 Å². The predicted octanol–water partition coefficient (Wildman–Crippen LogP) is 5.96. The average molecular weight is 410 g/mol. The third-order valence-electron chi connectivity index (χ3n) is 8.53. The van der Waals surface area contributed by atoms with E-state index < -0.39 is 5.54 Å². The molecule has 2 aliphatic rings. The van der Waals surface area contributed by atoms with E-state index in [0.717, 1.165) is 29.5 Å². The average Bonchev–Trinajstić information content (AvgIpc) is 3.12. The molecule has 1 N–H and O–H groups in total. The fraction of sp³-hybridized carbons (Fsp3) is 0.345. The number of rotatable bonds is 5. The van der Waals surface area contributed by atoms with E-state index in [4.69, 9.17) is 0 Å². The molecule has 0 aliphatic heterocycles. The van der Waals surface area contributed by atoms with E-state index in [1.165, 1.54) is 0 Å². The molecule has 0 aromatic heterocycles. The third-order valence-corrected chi connectivity index (χ3v) is 8.53. The lowest BCUT2D eigenvalue weighted by Gasteiger charge is -2.41. The number of carbonyl (C=O) groups is 1. The van der Waals surface area contributed by atoms with Crippen molar-refractivity contribution in [2.75, 3.05) is 0 Å². The second-order valence-corrected chi connectivity index (χ2v) is 10.0. The molecule has 3 aromatic carbocycles. The first-order valence-corrected chi connectivity index (χ1v) is 11.4. The summed E-state index contributed by atoms with van der Waals surface area (Å²) >= 11 is 0. The van der Waals surface area contributed by atoms with Crippen molar-refractivity contribution >= 4 is 5.78 Å². The number of benzene rings is 3. The predicted molar refractivity (Wildman–Crippen MR) is 126 cm³/mol. The van der Waals surface area contributed by atoms with E-state index in [1.54, 1.807) is 0 Å². The molecule has 31 heavy (non-hydrogen) atoms. The summed E-state index contributed by atoms with van der Waals surface area (Å²) in [6, 6.07) is 31.6. The molecule has 0 spiro atoms. The van der Waals surface area contributed by atoms with E-state index in [1.807, 2.05) is 0 Å². The molecule has 2 aliphatic carbocycles. The Kier molecular flexibility index (Phi) is 4.67. The highest BCUT2D eigenvalue weighted by atomic mass is 16.1. The second-order valence-electron chi connectivity index (χ2n) is 10.0. The van der Waals surface area contributed by atoms with Crippen LogP contribution in [0, 0.1) is 16.7 Å². The Bertz CT molecular complexity index is 977. The number of fused-ring (bicyclic) bond motifs is 2. The first-order valence-electron chi connectivity index (χ1n) is 11.4. The second kappa shape index (κ2) is 7.17. The van der Waals surface area contributed by atoms with Gasteiger partial charge in [-0.2, -0.15) is 0 Å². The maximum Gasteiger partial charge on any atom is 0.156 e. The van der Waals surface area contributed by atoms with Gasteiger partial charge in [-0.25, -0.2) is 0 Å². The van der Waals surface area contributed by atoms with Crippen LogP contribution in [0.1, 0.15) is 50.3 Å². The zero-order chi connectivity index (χ0) is 21.7. The molecule has 0 saturated heterocycles. The minimum absolute atomic E-state index is 0.00243. The van der Waals surface area contributed by atoms with Gasteiger partial charge in [-0.1, -0.05) is 112 Å². The molecule has 2 saturated carbocycles. The lowest BCUT2D eigenvalue weighted by Crippen LogP contribution is -2.55. The van der Waals surface area contributed by atoms with Crippen LogP contribution in [-0.4, -0.2) is 11.8 Å². The van der Waals surface area contributed by atoms with Crippen molar-refractivity contribution in [3.8, 4) is 0 Å². The van der Waals surface area contributed by atoms with Crippen LogP contribution in [0.2, 0.25) is 0 Å². The van der Waals surface area contributed by atoms with Gasteiger partial charge < -0.3 is 0 Å². The molecule has 0 heterocycles. The molecular weight excluding hydrogens is 378 g/mol. The highest BCUT2D eigenvalue weighted by Gasteiger charge is 2.67. The Morgan fingerprint density at radius 1 is 0.742 bits per heavy atom. The fourth-order valence-corrected chi connectivity index (χ4v) is 6.30. The standard InChI is InChI=1S/C29H31NO/c1-27(2)24-19-20-28(27,3)26(31)25(24)30-29(21-13-7-4-8-14-21,22-15-9-5-10-16-22)23-17-11-6-12-18-23/h4-18,24-25,30H,19-20H2,1-3H3/t24-,25-,28-/m1/s1. The van der Waals surface area contributed by atoms with Crippen LogP contribution in [0.3, 0.4) is 0 Å². The number of carbonyl (C=O) groups excluding carboxylic acids is 1. The maximum absolute atomic E-state index is 13.8. The Hall–Kier alpha value is -2.71. The number of hydrogen-bond acceptors (Lipinski definition) is 2. The van der Waals surface area contributed by atoms with Gasteiger partial charge in [-0.05, 0) is 40.9 Å². The van der Waals surface area contributed by atoms with Gasteiger partial charge >= 0.3 is 0 Å². The minimum atomic E-state index is -0.596. The van der Waals surface area contributed by atoms with Crippen LogP contribution in [-0.2, 0) is 10.3 Å². The third kappa shape index (κ3) is 2.78. The normalized spacial score (nSPS) is 26.9. The molecule has 3 aromatic rings. The zero-order valence-corrected chi connectivity index (χ0v) is 18.6. The van der Waals surface area contributed by atoms with Crippen molar-refractivity contribution in [2.24, 2.45) is 16.7 Å². The summed E-state index contributed by atoms with van der Waals surface area (Å²) in [6.45, 7) is 6.77. The number of nitrogens with one attached hydrogen (secondary N) is 1. The summed E-state index contributed by atoms with van der Waals surface area (Å²) in [6.07, 6.45) is 2.10. The van der Waals surface area contributed by atoms with Gasteiger partial charge in [0.1, 0.15) is 0 Å². The highest BCUT2D eigenvalue weighted by Crippen LogP contribution is 2.64. The molecule has 2 heteroatoms. The number of Topliss-reactive ketones (excluding diaryl/α,β-unsaturated/α-hetero) is 1. The molecule has 158 valence electrons. The molecule has 2 fully saturated rings. The SMILES string of the molecule is CC1(C)[C@@H]2CC[C@]1(C)C(=O)[C@@H]2NC(c1ccccc1)(c1ccccc1)c1ccccc1. The quantitative estimate of drug-likeness (QED) is 0.527. The van der Waals surface area contributed by atoms with Crippen LogP contribution in [0.4, 0.5) is 0 Å². The topological polar surface area (TPSA) is 29.1 Å². The van der Waals surface area contributed by atoms with E-state index in [2.05, 4.69) is 117 Å². The molecular formula is C29H31NO. The van der Waals surface area contributed by atoms with Gasteiger partial charge in [-0.15, -0.1) is 0 Å². The van der Waals surface area contributed by atoms with E-state index >= 15 is 0 Å². The fourth-order valence-electron chi connectivity index (χ4n) is 6.30. The monoisotopic (exact) mass is 409 g/mol. The summed E-state index contributed by atoms with van der Waals surface area (Å²) in [4.78, 5) is 13.8. The molecule has 0 unspecified atom stereocenters. The van der Waals surface area contributed by atoms with Gasteiger partial charge in [0.25, 0.3) is 0 Å². The van der Waals surface area contributed by atoms with Crippen molar-refractivity contribution in [3.05, 3.63) is 108 Å². The summed E-state index contributed by atoms with van der Waals surface area (Å²) < 4.78 is 0. The van der Waals surface area contributed by atoms with Crippen LogP contribution in [0.15, 0.2) is 91.0 Å². The highest BCUT2D eigenvalue weighted by molar-refractivity contribution is 5.94. The number of ketones is 1. The van der Waals surface area contributed by atoms with E-state index in [-0.39, 0.29) is 16.9 Å². The Labute approximate surface area is 185 Å². The van der Waals surface area contributed by atoms with Crippen LogP contribution in [0.25, 0.3) is 0 Å². The summed E-state index contributed by atoms with van der Waals surface area (Å²) in [5, 5.41) is 3.99. The van der Waals surface area contributed by atoms with Crippen molar-refractivity contribution in [2.45, 2.75) is 45.2 Å². The Balaban J connectivity index is 1.73. The zero-order valence-electron chi connectivity index (χ0n) is 18.6. The van der Waals surface area contributed by atoms with E-state index in [9.17, 15) is 4.79 Å². The Morgan fingerprint density at radius 3 is 1.52 bits per heavy atom. The van der Waals surface area contributed by atoms with Gasteiger partial charge in [0.2, 0.25) is 0 Å². The van der Waals surface area contributed by atoms with Crippen molar-refractivity contribution in [1.29, 1.82) is 0 Å². The van der Waals surface area contributed by atoms with Crippen LogP contribution in [0.5, 0.6) is 0 Å². The van der Waals surface area contributed by atoms with Crippen molar-refractivity contribution < 1.29 is 4.79 Å². The smallest absolute Gasteiger partial charge is 0.156 e. The minimum Gasteiger partial charge on any atom is -0.297 e. The van der Waals surface area contributed by atoms with Gasteiger partial charge in [0.05, 0.1) is 11.6 Å². The maximum atomic E-state index is 13.8. The first kappa shape index (κ1) is 20.2. The Morgan fingerprint density at radius 2 is 1.16 bits per heavy atom. The molecule has 5 rings (SSSR count). The summed E-state index contributed by atoms with van der Waals surface area (Å²) in [5.74, 6) is 0.710. The first-order chi connectivity index (χ1) is 14.9. The lowest BCUT2D eigenvalue weighted by molar-refractivity contribution is -0.130. The van der Waals surface area contributed by atoms with Crippen LogP contribution >= 0.6 is 0 Å². The van der Waals surface area contributed by atoms with Gasteiger partial charge in [0.15, 0.2) is 5.78 Å². The summed E-state index contributed by atoms with van der Waals surface area (Å²) in [7, 11) is 0. The van der Waals surface area contributed by atoms with Crippen molar-refractivity contribution in [1.82, 2.24) is 5.32 Å². The molecule has 2 nitrogen and oxygen atoms in total. The molecule has 3 atom stereocenters. The number of hydrogen-bond donors (Lipinski definition) is 1. The molecule has 0 amide bonds. The largest absolute Gasteiger partial charge is 0.297 e. The molecule has 0 radical (unpaired) electrons. The molecule has 2 bridgehead atoms.